The molecule has 0 radical (unpaired) electrons. The molecule has 0 fully saturated rings. The zero-order chi connectivity index (χ0) is 14.8. The molecule has 20 heavy (non-hydrogen) atoms. The minimum Gasteiger partial charge on any atom is -0.619 e. The fraction of sp³-hybridized carbons (Fsp3) is 0. The highest BCUT2D eigenvalue weighted by molar-refractivity contribution is 7.90. The Kier molecular flexibility index (Phi) is 3.57. The first-order chi connectivity index (χ1) is 9.38. The van der Waals surface area contributed by atoms with Crippen LogP contribution in [0.15, 0.2) is 53.7 Å². The number of benzene rings is 1. The molecule has 1 aromatic heterocycles. The smallest absolute Gasteiger partial charge is 0.265 e. The Balaban J connectivity index is 2.22. The van der Waals surface area contributed by atoms with E-state index in [0.29, 0.717) is 10.4 Å². The molecule has 0 atom stereocenters. The molecule has 1 heterocycles. The number of carbonyl (C=O) groups is 1. The fourth-order valence-corrected chi connectivity index (χ4v) is 2.43. The molecule has 0 aliphatic heterocycles. The lowest BCUT2D eigenvalue weighted by Gasteiger charge is -2.07. The first-order valence-electron chi connectivity index (χ1n) is 5.50. The van der Waals surface area contributed by atoms with E-state index in [1.54, 1.807) is 0 Å². The summed E-state index contributed by atoms with van der Waals surface area (Å²) in [6.45, 7) is 0. The minimum absolute atomic E-state index is 0.0659. The minimum atomic E-state index is -3.97. The molecule has 7 nitrogen and oxygen atoms in total. The van der Waals surface area contributed by atoms with Crippen molar-refractivity contribution < 1.29 is 17.9 Å². The van der Waals surface area contributed by atoms with Crippen LogP contribution in [0.5, 0.6) is 0 Å². The van der Waals surface area contributed by atoms with E-state index in [2.05, 4.69) is 0 Å². The highest BCUT2D eigenvalue weighted by atomic mass is 32.2. The van der Waals surface area contributed by atoms with Crippen LogP contribution in [0.4, 0.5) is 5.69 Å². The third-order valence-corrected chi connectivity index (χ3v) is 3.83. The lowest BCUT2D eigenvalue weighted by Crippen LogP contribution is -2.32. The first-order valence-corrected chi connectivity index (χ1v) is 6.98. The molecule has 0 bridgehead atoms. The average molecular weight is 293 g/mol. The number of amides is 1. The van der Waals surface area contributed by atoms with Gasteiger partial charge in [0.25, 0.3) is 15.9 Å². The number of nitrogen functional groups attached to an aromatic ring is 1. The standard InChI is InChI=1S/C12H11N3O4S/c13-10-1-3-11(4-2-10)20(18,19)14-12(16)9-5-7-15(17)8-6-9/h1-8H,13H2,(H,14,16). The van der Waals surface area contributed by atoms with E-state index in [-0.39, 0.29) is 10.5 Å². The van der Waals surface area contributed by atoms with Crippen LogP contribution in [0.1, 0.15) is 10.4 Å². The summed E-state index contributed by atoms with van der Waals surface area (Å²) in [5, 5.41) is 10.8. The quantitative estimate of drug-likeness (QED) is 0.470. The number of nitrogens with one attached hydrogen (secondary N) is 1. The number of pyridine rings is 1. The fourth-order valence-electron chi connectivity index (χ4n) is 1.45. The van der Waals surface area contributed by atoms with E-state index in [0.717, 1.165) is 12.4 Å². The Bertz CT molecular complexity index is 724. The van der Waals surface area contributed by atoms with E-state index < -0.39 is 15.9 Å². The lowest BCUT2D eigenvalue weighted by molar-refractivity contribution is -0.605. The Hall–Kier alpha value is -2.61. The molecule has 0 aliphatic carbocycles. The van der Waals surface area contributed by atoms with Crippen LogP contribution in [0.3, 0.4) is 0 Å². The lowest BCUT2D eigenvalue weighted by atomic mass is 10.3. The molecule has 8 heteroatoms. The molecule has 104 valence electrons. The summed E-state index contributed by atoms with van der Waals surface area (Å²) in [7, 11) is -3.97. The summed E-state index contributed by atoms with van der Waals surface area (Å²) in [5.74, 6) is -0.817. The van der Waals surface area contributed by atoms with Gasteiger partial charge in [0.05, 0.1) is 10.5 Å². The van der Waals surface area contributed by atoms with Crippen molar-refractivity contribution in [2.75, 3.05) is 5.73 Å². The van der Waals surface area contributed by atoms with E-state index >= 15 is 0 Å². The second-order valence-electron chi connectivity index (χ2n) is 3.95. The van der Waals surface area contributed by atoms with Crippen LogP contribution in [0.2, 0.25) is 0 Å². The van der Waals surface area contributed by atoms with Crippen LogP contribution in [-0.2, 0) is 10.0 Å². The number of hydrogen-bond acceptors (Lipinski definition) is 5. The molecule has 3 N–H and O–H groups in total. The maximum absolute atomic E-state index is 12.0. The van der Waals surface area contributed by atoms with Gasteiger partial charge < -0.3 is 10.9 Å². The molecule has 1 aromatic carbocycles. The summed E-state index contributed by atoms with van der Waals surface area (Å²) in [6, 6.07) is 7.87. The number of anilines is 1. The van der Waals surface area contributed by atoms with Gasteiger partial charge >= 0.3 is 0 Å². The predicted molar refractivity (Wildman–Crippen MR) is 70.9 cm³/mol. The van der Waals surface area contributed by atoms with Crippen LogP contribution in [0, 0.1) is 5.21 Å². The summed E-state index contributed by atoms with van der Waals surface area (Å²) in [5.41, 5.74) is 5.94. The van der Waals surface area contributed by atoms with Gasteiger partial charge in [0, 0.05) is 17.8 Å². The number of rotatable bonds is 3. The first kappa shape index (κ1) is 13.8. The predicted octanol–water partition coefficient (Wildman–Crippen LogP) is 0.0209. The summed E-state index contributed by atoms with van der Waals surface area (Å²) in [6.07, 6.45) is 2.20. The van der Waals surface area contributed by atoms with Crippen molar-refractivity contribution in [3.8, 4) is 0 Å². The summed E-state index contributed by atoms with van der Waals surface area (Å²) in [4.78, 5) is 11.7. The Labute approximate surface area is 115 Å². The maximum Gasteiger partial charge on any atom is 0.265 e. The number of hydrogen-bond donors (Lipinski definition) is 2. The van der Waals surface area contributed by atoms with Crippen LogP contribution in [-0.4, -0.2) is 14.3 Å². The van der Waals surface area contributed by atoms with Crippen molar-refractivity contribution >= 4 is 21.6 Å². The third kappa shape index (κ3) is 3.04. The number of sulfonamides is 1. The molecular formula is C12H11N3O4S. The van der Waals surface area contributed by atoms with Gasteiger partial charge in [-0.15, -0.1) is 0 Å². The Morgan fingerprint density at radius 1 is 1.10 bits per heavy atom. The molecule has 0 unspecified atom stereocenters. The highest BCUT2D eigenvalue weighted by Gasteiger charge is 2.18. The van der Waals surface area contributed by atoms with Crippen molar-refractivity contribution in [3.63, 3.8) is 0 Å². The van der Waals surface area contributed by atoms with Crippen molar-refractivity contribution in [2.24, 2.45) is 0 Å². The van der Waals surface area contributed by atoms with Crippen LogP contribution in [0.25, 0.3) is 0 Å². The van der Waals surface area contributed by atoms with Gasteiger partial charge in [-0.2, -0.15) is 4.73 Å². The van der Waals surface area contributed by atoms with E-state index in [9.17, 15) is 18.4 Å². The monoisotopic (exact) mass is 293 g/mol. The number of nitrogens with zero attached hydrogens (tertiary/aromatic N) is 1. The van der Waals surface area contributed by atoms with Gasteiger partial charge in [0.15, 0.2) is 12.4 Å². The Morgan fingerprint density at radius 3 is 2.20 bits per heavy atom. The second-order valence-corrected chi connectivity index (χ2v) is 5.63. The molecule has 0 spiro atoms. The summed E-state index contributed by atoms with van der Waals surface area (Å²) >= 11 is 0. The zero-order valence-corrected chi connectivity index (χ0v) is 11.0. The molecular weight excluding hydrogens is 282 g/mol. The topological polar surface area (TPSA) is 116 Å². The van der Waals surface area contributed by atoms with Crippen LogP contribution >= 0.6 is 0 Å². The summed E-state index contributed by atoms with van der Waals surface area (Å²) < 4.78 is 26.3. The van der Waals surface area contributed by atoms with E-state index in [1.807, 2.05) is 4.72 Å². The van der Waals surface area contributed by atoms with E-state index in [1.165, 1.54) is 36.4 Å². The zero-order valence-electron chi connectivity index (χ0n) is 10.2. The van der Waals surface area contributed by atoms with Crippen molar-refractivity contribution in [2.45, 2.75) is 4.90 Å². The van der Waals surface area contributed by atoms with E-state index in [4.69, 9.17) is 5.73 Å². The molecule has 0 saturated heterocycles. The molecule has 0 aliphatic rings. The average Bonchev–Trinajstić information content (AvgIpc) is 2.39. The SMILES string of the molecule is Nc1ccc(S(=O)(=O)NC(=O)c2cc[n+]([O-])cc2)cc1. The molecule has 1 amide bonds. The molecule has 2 rings (SSSR count). The number of nitrogens with two attached hydrogens (primary N) is 1. The maximum atomic E-state index is 12.0. The van der Waals surface area contributed by atoms with Crippen LogP contribution < -0.4 is 15.2 Å². The Morgan fingerprint density at radius 2 is 1.65 bits per heavy atom. The van der Waals surface area contributed by atoms with Gasteiger partial charge in [-0.25, -0.2) is 13.1 Å². The highest BCUT2D eigenvalue weighted by Crippen LogP contribution is 2.12. The third-order valence-electron chi connectivity index (χ3n) is 2.48. The molecule has 2 aromatic rings. The van der Waals surface area contributed by atoms with Gasteiger partial charge in [0.2, 0.25) is 0 Å². The van der Waals surface area contributed by atoms with Gasteiger partial charge in [0.1, 0.15) is 0 Å². The van der Waals surface area contributed by atoms with Gasteiger partial charge in [-0.1, -0.05) is 0 Å². The van der Waals surface area contributed by atoms with Crippen molar-refractivity contribution in [3.05, 3.63) is 59.6 Å². The normalized spacial score (nSPS) is 11.0. The number of carbonyl (C=O) groups excluding carboxylic acids is 1. The second kappa shape index (κ2) is 5.17. The number of aromatic nitrogens is 1. The molecule has 0 saturated carbocycles. The van der Waals surface area contributed by atoms with Gasteiger partial charge in [-0.3, -0.25) is 4.79 Å². The van der Waals surface area contributed by atoms with Gasteiger partial charge in [-0.05, 0) is 24.3 Å². The van der Waals surface area contributed by atoms with Crippen molar-refractivity contribution in [1.29, 1.82) is 0 Å². The largest absolute Gasteiger partial charge is 0.619 e. The van der Waals surface area contributed by atoms with Crippen molar-refractivity contribution in [1.82, 2.24) is 4.72 Å².